The molecule has 7 heteroatoms. The lowest BCUT2D eigenvalue weighted by atomic mass is 10.1. The summed E-state index contributed by atoms with van der Waals surface area (Å²) in [5, 5.41) is 2.61. The van der Waals surface area contributed by atoms with Gasteiger partial charge in [0.05, 0.1) is 13.7 Å². The second-order valence-corrected chi connectivity index (χ2v) is 4.96. The number of ether oxygens (including phenoxy) is 1. The van der Waals surface area contributed by atoms with E-state index in [-0.39, 0.29) is 31.0 Å². The van der Waals surface area contributed by atoms with E-state index in [9.17, 15) is 14.4 Å². The average Bonchev–Trinajstić information content (AvgIpc) is 2.54. The van der Waals surface area contributed by atoms with E-state index in [0.29, 0.717) is 13.1 Å². The third-order valence-electron chi connectivity index (χ3n) is 3.11. The third kappa shape index (κ3) is 3.66. The quantitative estimate of drug-likeness (QED) is 0.535. The number of likely N-dealkylation sites (N-methyl/N-ethyl adjacent to an activating group) is 1. The minimum atomic E-state index is -0.851. The SMILES string of the molecule is CCN(CCN1C(=O)NC(C)(C)C1=O)CC(=O)OC. The molecule has 108 valence electrons. The first-order chi connectivity index (χ1) is 8.81. The van der Waals surface area contributed by atoms with Gasteiger partial charge >= 0.3 is 12.0 Å². The van der Waals surface area contributed by atoms with Gasteiger partial charge in [-0.2, -0.15) is 0 Å². The van der Waals surface area contributed by atoms with Gasteiger partial charge in [0.1, 0.15) is 5.54 Å². The normalized spacial score (nSPS) is 17.8. The summed E-state index contributed by atoms with van der Waals surface area (Å²) in [4.78, 5) is 37.8. The molecule has 0 aromatic rings. The van der Waals surface area contributed by atoms with Gasteiger partial charge in [-0.1, -0.05) is 6.92 Å². The standard InChI is InChI=1S/C12H21N3O4/c1-5-14(8-9(16)19-4)6-7-15-10(17)12(2,3)13-11(15)18/h5-8H2,1-4H3,(H,13,18). The molecule has 0 aromatic carbocycles. The molecular formula is C12H21N3O4. The predicted molar refractivity (Wildman–Crippen MR) is 68.5 cm³/mol. The Labute approximate surface area is 112 Å². The van der Waals surface area contributed by atoms with Crippen LogP contribution in [0, 0.1) is 0 Å². The topological polar surface area (TPSA) is 79.0 Å². The minimum Gasteiger partial charge on any atom is -0.468 e. The highest BCUT2D eigenvalue weighted by Crippen LogP contribution is 2.16. The summed E-state index contributed by atoms with van der Waals surface area (Å²) >= 11 is 0. The first-order valence-electron chi connectivity index (χ1n) is 6.25. The maximum absolute atomic E-state index is 11.9. The molecule has 0 aliphatic carbocycles. The van der Waals surface area contributed by atoms with Crippen molar-refractivity contribution in [2.75, 3.05) is 33.3 Å². The van der Waals surface area contributed by atoms with Gasteiger partial charge in [0.25, 0.3) is 5.91 Å². The van der Waals surface area contributed by atoms with Crippen LogP contribution in [0.1, 0.15) is 20.8 Å². The number of hydrogen-bond acceptors (Lipinski definition) is 5. The number of urea groups is 1. The molecule has 1 aliphatic rings. The number of nitrogens with zero attached hydrogens (tertiary/aromatic N) is 2. The molecule has 1 aliphatic heterocycles. The van der Waals surface area contributed by atoms with Crippen LogP contribution in [0.25, 0.3) is 0 Å². The molecule has 1 heterocycles. The van der Waals surface area contributed by atoms with E-state index in [1.165, 1.54) is 12.0 Å². The van der Waals surface area contributed by atoms with E-state index in [0.717, 1.165) is 0 Å². The van der Waals surface area contributed by atoms with Gasteiger partial charge in [-0.3, -0.25) is 19.4 Å². The molecule has 7 nitrogen and oxygen atoms in total. The van der Waals surface area contributed by atoms with Gasteiger partial charge < -0.3 is 10.1 Å². The maximum atomic E-state index is 11.9. The molecule has 0 aromatic heterocycles. The minimum absolute atomic E-state index is 0.153. The number of esters is 1. The highest BCUT2D eigenvalue weighted by atomic mass is 16.5. The lowest BCUT2D eigenvalue weighted by Crippen LogP contribution is -2.42. The van der Waals surface area contributed by atoms with Crippen molar-refractivity contribution in [2.24, 2.45) is 0 Å². The lowest BCUT2D eigenvalue weighted by molar-refractivity contribution is -0.141. The summed E-state index contributed by atoms with van der Waals surface area (Å²) in [5.74, 6) is -0.578. The smallest absolute Gasteiger partial charge is 0.325 e. The molecule has 0 saturated carbocycles. The van der Waals surface area contributed by atoms with Crippen LogP contribution in [0.2, 0.25) is 0 Å². The Bertz CT molecular complexity index is 381. The maximum Gasteiger partial charge on any atom is 0.325 e. The van der Waals surface area contributed by atoms with E-state index in [2.05, 4.69) is 10.1 Å². The van der Waals surface area contributed by atoms with Crippen molar-refractivity contribution >= 4 is 17.9 Å². The second kappa shape index (κ2) is 6.01. The van der Waals surface area contributed by atoms with Crippen molar-refractivity contribution in [3.63, 3.8) is 0 Å². The average molecular weight is 271 g/mol. The van der Waals surface area contributed by atoms with Gasteiger partial charge in [-0.15, -0.1) is 0 Å². The Morgan fingerprint density at radius 1 is 1.42 bits per heavy atom. The predicted octanol–water partition coefficient (Wildman–Crippen LogP) is -0.188. The van der Waals surface area contributed by atoms with E-state index in [4.69, 9.17) is 0 Å². The van der Waals surface area contributed by atoms with Crippen LogP contribution in [-0.4, -0.2) is 66.5 Å². The number of methoxy groups -OCH3 is 1. The molecule has 19 heavy (non-hydrogen) atoms. The molecule has 0 unspecified atom stereocenters. The van der Waals surface area contributed by atoms with Gasteiger partial charge in [0, 0.05) is 13.1 Å². The molecule has 0 radical (unpaired) electrons. The summed E-state index contributed by atoms with van der Waals surface area (Å²) in [6.45, 7) is 6.74. The fraction of sp³-hybridized carbons (Fsp3) is 0.750. The van der Waals surface area contributed by atoms with Gasteiger partial charge in [-0.25, -0.2) is 4.79 Å². The summed E-state index contributed by atoms with van der Waals surface area (Å²) in [6.07, 6.45) is 0. The van der Waals surface area contributed by atoms with Crippen molar-refractivity contribution in [3.8, 4) is 0 Å². The van der Waals surface area contributed by atoms with E-state index in [1.807, 2.05) is 11.8 Å². The van der Waals surface area contributed by atoms with Crippen LogP contribution >= 0.6 is 0 Å². The molecule has 1 N–H and O–H groups in total. The highest BCUT2D eigenvalue weighted by Gasteiger charge is 2.43. The Hall–Kier alpha value is -1.63. The van der Waals surface area contributed by atoms with E-state index >= 15 is 0 Å². The molecule has 1 fully saturated rings. The zero-order valence-electron chi connectivity index (χ0n) is 11.9. The summed E-state index contributed by atoms with van der Waals surface area (Å²) in [6, 6.07) is -0.385. The number of imide groups is 1. The summed E-state index contributed by atoms with van der Waals surface area (Å²) in [7, 11) is 1.33. The van der Waals surface area contributed by atoms with Crippen molar-refractivity contribution in [3.05, 3.63) is 0 Å². The third-order valence-corrected chi connectivity index (χ3v) is 3.11. The van der Waals surface area contributed by atoms with Crippen molar-refractivity contribution < 1.29 is 19.1 Å². The Balaban J connectivity index is 2.53. The fourth-order valence-electron chi connectivity index (χ4n) is 1.86. The number of amides is 3. The second-order valence-electron chi connectivity index (χ2n) is 4.96. The number of carbonyl (C=O) groups excluding carboxylic acids is 3. The number of nitrogens with one attached hydrogen (secondary N) is 1. The Morgan fingerprint density at radius 3 is 2.47 bits per heavy atom. The first kappa shape index (κ1) is 15.4. The van der Waals surface area contributed by atoms with Crippen molar-refractivity contribution in [2.45, 2.75) is 26.3 Å². The highest BCUT2D eigenvalue weighted by molar-refractivity contribution is 6.06. The molecular weight excluding hydrogens is 250 g/mol. The van der Waals surface area contributed by atoms with Crippen LogP contribution in [0.4, 0.5) is 4.79 Å². The fourth-order valence-corrected chi connectivity index (χ4v) is 1.86. The van der Waals surface area contributed by atoms with Crippen LogP contribution in [-0.2, 0) is 14.3 Å². The lowest BCUT2D eigenvalue weighted by Gasteiger charge is -2.22. The Morgan fingerprint density at radius 2 is 2.05 bits per heavy atom. The van der Waals surface area contributed by atoms with Gasteiger partial charge in [0.15, 0.2) is 0 Å². The van der Waals surface area contributed by atoms with Crippen LogP contribution in [0.3, 0.4) is 0 Å². The number of hydrogen-bond donors (Lipinski definition) is 1. The van der Waals surface area contributed by atoms with Crippen LogP contribution in [0.15, 0.2) is 0 Å². The van der Waals surface area contributed by atoms with E-state index < -0.39 is 5.54 Å². The molecule has 0 bridgehead atoms. The zero-order chi connectivity index (χ0) is 14.6. The molecule has 3 amide bonds. The van der Waals surface area contributed by atoms with Gasteiger partial charge in [0.2, 0.25) is 0 Å². The number of rotatable bonds is 6. The molecule has 0 spiro atoms. The van der Waals surface area contributed by atoms with E-state index in [1.54, 1.807) is 13.8 Å². The van der Waals surface area contributed by atoms with Gasteiger partial charge in [-0.05, 0) is 20.4 Å². The molecule has 0 atom stereocenters. The zero-order valence-corrected chi connectivity index (χ0v) is 11.9. The molecule has 1 saturated heterocycles. The van der Waals surface area contributed by atoms with Crippen molar-refractivity contribution in [1.29, 1.82) is 0 Å². The van der Waals surface area contributed by atoms with Crippen LogP contribution < -0.4 is 5.32 Å². The Kier molecular flexibility index (Phi) is 4.88. The number of carbonyl (C=O) groups is 3. The summed E-state index contributed by atoms with van der Waals surface area (Å²) in [5.41, 5.74) is -0.851. The largest absolute Gasteiger partial charge is 0.468 e. The molecule has 1 rings (SSSR count). The van der Waals surface area contributed by atoms with Crippen LogP contribution in [0.5, 0.6) is 0 Å². The first-order valence-corrected chi connectivity index (χ1v) is 6.25. The monoisotopic (exact) mass is 271 g/mol. The van der Waals surface area contributed by atoms with Crippen molar-refractivity contribution in [1.82, 2.24) is 15.1 Å². The summed E-state index contributed by atoms with van der Waals surface area (Å²) < 4.78 is 4.59.